The van der Waals surface area contributed by atoms with E-state index in [0.717, 1.165) is 25.2 Å². The van der Waals surface area contributed by atoms with Crippen molar-refractivity contribution in [3.63, 3.8) is 0 Å². The summed E-state index contributed by atoms with van der Waals surface area (Å²) in [6, 6.07) is 6.00. The van der Waals surface area contributed by atoms with Gasteiger partial charge in [0.1, 0.15) is 5.82 Å². The van der Waals surface area contributed by atoms with E-state index >= 15 is 0 Å². The van der Waals surface area contributed by atoms with Crippen LogP contribution in [0.5, 0.6) is 0 Å². The molecule has 0 bridgehead atoms. The van der Waals surface area contributed by atoms with E-state index in [1.165, 1.54) is 32.1 Å². The molecule has 0 aromatic heterocycles. The second-order valence-corrected chi connectivity index (χ2v) is 7.36. The summed E-state index contributed by atoms with van der Waals surface area (Å²) in [5.41, 5.74) is 1.27. The lowest BCUT2D eigenvalue weighted by Gasteiger charge is -2.50. The van der Waals surface area contributed by atoms with Gasteiger partial charge in [-0.15, -0.1) is 0 Å². The van der Waals surface area contributed by atoms with Gasteiger partial charge in [-0.1, -0.05) is 26.2 Å². The van der Waals surface area contributed by atoms with E-state index in [2.05, 4.69) is 33.1 Å². The summed E-state index contributed by atoms with van der Waals surface area (Å²) in [4.78, 5) is 2.43. The summed E-state index contributed by atoms with van der Waals surface area (Å²) in [7, 11) is 0. The molecular formula is C17H24BrFN2. The predicted molar refractivity (Wildman–Crippen MR) is 89.3 cm³/mol. The first-order valence-corrected chi connectivity index (χ1v) is 8.89. The van der Waals surface area contributed by atoms with Gasteiger partial charge in [-0.2, -0.15) is 0 Å². The number of rotatable bonds is 2. The van der Waals surface area contributed by atoms with Crippen LogP contribution >= 0.6 is 15.9 Å². The SMILES string of the molecule is CCC1CNC2(CCCCC2)CN1c1ccc(Br)c(F)c1. The minimum absolute atomic E-state index is 0.168. The van der Waals surface area contributed by atoms with Crippen LogP contribution in [0.25, 0.3) is 0 Å². The van der Waals surface area contributed by atoms with Crippen LogP contribution < -0.4 is 10.2 Å². The molecule has 1 aliphatic carbocycles. The summed E-state index contributed by atoms with van der Waals surface area (Å²) in [6.07, 6.45) is 7.56. The highest BCUT2D eigenvalue weighted by Gasteiger charge is 2.39. The van der Waals surface area contributed by atoms with Crippen LogP contribution in [0.2, 0.25) is 0 Å². The Morgan fingerprint density at radius 2 is 2.10 bits per heavy atom. The molecule has 1 saturated heterocycles. The normalized spacial score (nSPS) is 25.3. The molecule has 0 amide bonds. The Hall–Kier alpha value is -0.610. The molecule has 4 heteroatoms. The fourth-order valence-electron chi connectivity index (χ4n) is 3.85. The lowest BCUT2D eigenvalue weighted by molar-refractivity contribution is 0.196. The van der Waals surface area contributed by atoms with Crippen molar-refractivity contribution in [3.8, 4) is 0 Å². The van der Waals surface area contributed by atoms with E-state index in [0.29, 0.717) is 10.5 Å². The Bertz CT molecular complexity index is 500. The molecule has 2 aliphatic rings. The maximum atomic E-state index is 13.9. The first-order chi connectivity index (χ1) is 10.1. The molecule has 1 atom stereocenters. The predicted octanol–water partition coefficient (Wildman–Crippen LogP) is 4.48. The van der Waals surface area contributed by atoms with Gasteiger partial charge in [0.15, 0.2) is 0 Å². The monoisotopic (exact) mass is 354 g/mol. The number of nitrogens with one attached hydrogen (secondary N) is 1. The van der Waals surface area contributed by atoms with Gasteiger partial charge < -0.3 is 10.2 Å². The highest BCUT2D eigenvalue weighted by atomic mass is 79.9. The van der Waals surface area contributed by atoms with Gasteiger partial charge in [0.05, 0.1) is 4.47 Å². The third kappa shape index (κ3) is 3.11. The molecule has 0 radical (unpaired) electrons. The van der Waals surface area contributed by atoms with Crippen LogP contribution in [0.4, 0.5) is 10.1 Å². The lowest BCUT2D eigenvalue weighted by Crippen LogP contribution is -2.65. The Morgan fingerprint density at radius 1 is 1.33 bits per heavy atom. The maximum absolute atomic E-state index is 13.9. The minimum Gasteiger partial charge on any atom is -0.365 e. The van der Waals surface area contributed by atoms with Gasteiger partial charge in [-0.3, -0.25) is 0 Å². The molecule has 1 aromatic carbocycles. The smallest absolute Gasteiger partial charge is 0.139 e. The van der Waals surface area contributed by atoms with E-state index < -0.39 is 0 Å². The second kappa shape index (κ2) is 6.25. The molecule has 1 aliphatic heterocycles. The van der Waals surface area contributed by atoms with Crippen molar-refractivity contribution in [2.24, 2.45) is 0 Å². The first kappa shape index (κ1) is 15.3. The second-order valence-electron chi connectivity index (χ2n) is 6.51. The minimum atomic E-state index is -0.168. The van der Waals surface area contributed by atoms with Crippen LogP contribution in [-0.4, -0.2) is 24.7 Å². The molecule has 21 heavy (non-hydrogen) atoms. The number of hydrogen-bond acceptors (Lipinski definition) is 2. The summed E-state index contributed by atoms with van der Waals surface area (Å²) >= 11 is 3.25. The third-order valence-corrected chi connectivity index (χ3v) is 5.79. The molecule has 2 nitrogen and oxygen atoms in total. The largest absolute Gasteiger partial charge is 0.365 e. The zero-order valence-electron chi connectivity index (χ0n) is 12.7. The standard InChI is InChI=1S/C17H24BrFN2/c1-2-13-11-20-17(8-4-3-5-9-17)12-21(13)14-6-7-15(18)16(19)10-14/h6-7,10,13,20H,2-5,8-9,11-12H2,1H3. The van der Waals surface area contributed by atoms with Gasteiger partial charge in [-0.25, -0.2) is 4.39 Å². The molecule has 1 aromatic rings. The molecule has 1 spiro atoms. The van der Waals surface area contributed by atoms with Gasteiger partial charge in [-0.05, 0) is 53.4 Å². The van der Waals surface area contributed by atoms with Crippen LogP contribution in [0, 0.1) is 5.82 Å². The number of benzene rings is 1. The summed E-state index contributed by atoms with van der Waals surface area (Å²) in [6.45, 7) is 4.23. The number of piperazine rings is 1. The molecule has 1 heterocycles. The van der Waals surface area contributed by atoms with E-state index in [1.54, 1.807) is 6.07 Å². The summed E-state index contributed by atoms with van der Waals surface area (Å²) in [5.74, 6) is -0.168. The van der Waals surface area contributed by atoms with Crippen molar-refractivity contribution in [2.45, 2.75) is 57.0 Å². The average molecular weight is 355 g/mol. The zero-order chi connectivity index (χ0) is 14.9. The Kier molecular flexibility index (Phi) is 4.55. The van der Waals surface area contributed by atoms with Gasteiger partial charge >= 0.3 is 0 Å². The zero-order valence-corrected chi connectivity index (χ0v) is 14.3. The topological polar surface area (TPSA) is 15.3 Å². The van der Waals surface area contributed by atoms with Crippen molar-refractivity contribution in [2.75, 3.05) is 18.0 Å². The molecule has 1 saturated carbocycles. The summed E-state index contributed by atoms with van der Waals surface area (Å²) < 4.78 is 14.5. The highest BCUT2D eigenvalue weighted by molar-refractivity contribution is 9.10. The van der Waals surface area contributed by atoms with Gasteiger partial charge in [0, 0.05) is 30.4 Å². The van der Waals surface area contributed by atoms with Crippen LogP contribution in [0.1, 0.15) is 45.4 Å². The first-order valence-electron chi connectivity index (χ1n) is 8.10. The Morgan fingerprint density at radius 3 is 2.76 bits per heavy atom. The molecule has 2 fully saturated rings. The average Bonchev–Trinajstić information content (AvgIpc) is 2.51. The molecule has 1 unspecified atom stereocenters. The number of anilines is 1. The van der Waals surface area contributed by atoms with Crippen LogP contribution in [0.15, 0.2) is 22.7 Å². The number of halogens is 2. The molecular weight excluding hydrogens is 331 g/mol. The quantitative estimate of drug-likeness (QED) is 0.842. The van der Waals surface area contributed by atoms with Crippen molar-refractivity contribution in [1.29, 1.82) is 0 Å². The fourth-order valence-corrected chi connectivity index (χ4v) is 4.10. The van der Waals surface area contributed by atoms with Crippen LogP contribution in [-0.2, 0) is 0 Å². The third-order valence-electron chi connectivity index (χ3n) is 5.14. The van der Waals surface area contributed by atoms with E-state index in [9.17, 15) is 4.39 Å². The molecule has 3 rings (SSSR count). The Labute approximate surface area is 135 Å². The highest BCUT2D eigenvalue weighted by Crippen LogP contribution is 2.35. The van der Waals surface area contributed by atoms with Gasteiger partial charge in [0.2, 0.25) is 0 Å². The van der Waals surface area contributed by atoms with Crippen molar-refractivity contribution in [1.82, 2.24) is 5.32 Å². The molecule has 116 valence electrons. The van der Waals surface area contributed by atoms with E-state index in [1.807, 2.05) is 12.1 Å². The maximum Gasteiger partial charge on any atom is 0.139 e. The lowest BCUT2D eigenvalue weighted by atomic mass is 9.79. The fraction of sp³-hybridized carbons (Fsp3) is 0.647. The molecule has 1 N–H and O–H groups in total. The van der Waals surface area contributed by atoms with Crippen molar-refractivity contribution in [3.05, 3.63) is 28.5 Å². The van der Waals surface area contributed by atoms with Crippen molar-refractivity contribution < 1.29 is 4.39 Å². The van der Waals surface area contributed by atoms with Gasteiger partial charge in [0.25, 0.3) is 0 Å². The number of hydrogen-bond donors (Lipinski definition) is 1. The number of nitrogens with zero attached hydrogens (tertiary/aromatic N) is 1. The Balaban J connectivity index is 1.86. The summed E-state index contributed by atoms with van der Waals surface area (Å²) in [5, 5.41) is 3.82. The van der Waals surface area contributed by atoms with Crippen molar-refractivity contribution >= 4 is 21.6 Å². The van der Waals surface area contributed by atoms with E-state index in [4.69, 9.17) is 0 Å². The van der Waals surface area contributed by atoms with E-state index in [-0.39, 0.29) is 11.4 Å². The van der Waals surface area contributed by atoms with Crippen LogP contribution in [0.3, 0.4) is 0 Å².